The highest BCUT2D eigenvalue weighted by Gasteiger charge is 2.17. The van der Waals surface area contributed by atoms with Gasteiger partial charge in [-0.1, -0.05) is 53.5 Å². The smallest absolute Gasteiger partial charge is 0.0208 e. The molecule has 0 heterocycles. The first-order valence-corrected chi connectivity index (χ1v) is 6.15. The number of rotatable bonds is 7. The molecule has 0 aliphatic rings. The van der Waals surface area contributed by atoms with Gasteiger partial charge in [0.2, 0.25) is 0 Å². The van der Waals surface area contributed by atoms with Gasteiger partial charge in [-0.15, -0.1) is 6.58 Å². The lowest BCUT2D eigenvalue weighted by molar-refractivity contribution is 0.291. The second kappa shape index (κ2) is 7.09. The Morgan fingerprint density at radius 2 is 1.64 bits per heavy atom. The zero-order chi connectivity index (χ0) is 11.1. The van der Waals surface area contributed by atoms with Gasteiger partial charge in [0, 0.05) is 0 Å². The van der Waals surface area contributed by atoms with Crippen LogP contribution in [-0.4, -0.2) is 0 Å². The van der Waals surface area contributed by atoms with Gasteiger partial charge >= 0.3 is 0 Å². The minimum Gasteiger partial charge on any atom is -0.103 e. The van der Waals surface area contributed by atoms with Gasteiger partial charge in [-0.2, -0.15) is 0 Å². The molecule has 0 bridgehead atoms. The topological polar surface area (TPSA) is 0 Å². The van der Waals surface area contributed by atoms with Crippen LogP contribution in [0.4, 0.5) is 0 Å². The molecule has 0 N–H and O–H groups in total. The lowest BCUT2D eigenvalue weighted by atomic mass is 9.81. The van der Waals surface area contributed by atoms with Gasteiger partial charge in [-0.05, 0) is 30.1 Å². The van der Waals surface area contributed by atoms with E-state index in [0.717, 1.165) is 17.8 Å². The van der Waals surface area contributed by atoms with Gasteiger partial charge in [0.05, 0.1) is 0 Å². The molecule has 0 aliphatic carbocycles. The molecular weight excluding hydrogens is 168 g/mol. The summed E-state index contributed by atoms with van der Waals surface area (Å²) in [5.74, 6) is 3.13. The largest absolute Gasteiger partial charge is 0.103 e. The van der Waals surface area contributed by atoms with Crippen molar-refractivity contribution in [2.24, 2.45) is 23.7 Å². The summed E-state index contributed by atoms with van der Waals surface area (Å²) in [7, 11) is 0. The molecule has 84 valence electrons. The van der Waals surface area contributed by atoms with E-state index >= 15 is 0 Å². The van der Waals surface area contributed by atoms with E-state index in [-0.39, 0.29) is 0 Å². The van der Waals surface area contributed by atoms with Gasteiger partial charge in [-0.25, -0.2) is 0 Å². The molecule has 0 aromatic heterocycles. The van der Waals surface area contributed by atoms with Crippen molar-refractivity contribution >= 4 is 0 Å². The summed E-state index contributed by atoms with van der Waals surface area (Å²) in [6, 6.07) is 0. The molecule has 0 aromatic carbocycles. The Hall–Kier alpha value is -0.260. The summed E-state index contributed by atoms with van der Waals surface area (Å²) in [6.45, 7) is 15.6. The monoisotopic (exact) mass is 196 g/mol. The summed E-state index contributed by atoms with van der Waals surface area (Å²) in [6.07, 6.45) is 6.13. The summed E-state index contributed by atoms with van der Waals surface area (Å²) in [5.41, 5.74) is 0. The Balaban J connectivity index is 3.96. The van der Waals surface area contributed by atoms with Crippen LogP contribution < -0.4 is 0 Å². The highest BCUT2D eigenvalue weighted by atomic mass is 14.2. The Labute approximate surface area is 90.8 Å². The zero-order valence-corrected chi connectivity index (χ0v) is 10.7. The third-order valence-electron chi connectivity index (χ3n) is 3.72. The molecule has 0 amide bonds. The molecule has 0 heteroatoms. The number of allylic oxidation sites excluding steroid dienone is 1. The van der Waals surface area contributed by atoms with Gasteiger partial charge in [0.15, 0.2) is 0 Å². The van der Waals surface area contributed by atoms with E-state index in [0.29, 0.717) is 5.92 Å². The van der Waals surface area contributed by atoms with E-state index in [1.54, 1.807) is 0 Å². The van der Waals surface area contributed by atoms with Crippen LogP contribution >= 0.6 is 0 Å². The summed E-state index contributed by atoms with van der Waals surface area (Å²) in [5, 5.41) is 0. The SMILES string of the molecule is C=CC(CCC(C)CC)C(C)C(C)C. The molecule has 0 saturated carbocycles. The molecule has 14 heavy (non-hydrogen) atoms. The number of hydrogen-bond acceptors (Lipinski definition) is 0. The maximum atomic E-state index is 3.97. The summed E-state index contributed by atoms with van der Waals surface area (Å²) in [4.78, 5) is 0. The van der Waals surface area contributed by atoms with Crippen molar-refractivity contribution < 1.29 is 0 Å². The van der Waals surface area contributed by atoms with Crippen LogP contribution in [0, 0.1) is 23.7 Å². The Kier molecular flexibility index (Phi) is 6.96. The Morgan fingerprint density at radius 3 is 2.00 bits per heavy atom. The van der Waals surface area contributed by atoms with E-state index in [1.165, 1.54) is 19.3 Å². The second-order valence-electron chi connectivity index (χ2n) is 5.09. The van der Waals surface area contributed by atoms with Crippen LogP contribution in [0.1, 0.15) is 53.9 Å². The van der Waals surface area contributed by atoms with E-state index in [2.05, 4.69) is 47.3 Å². The lowest BCUT2D eigenvalue weighted by Crippen LogP contribution is -2.15. The highest BCUT2D eigenvalue weighted by Crippen LogP contribution is 2.27. The van der Waals surface area contributed by atoms with E-state index < -0.39 is 0 Å². The van der Waals surface area contributed by atoms with Crippen LogP contribution in [0.5, 0.6) is 0 Å². The minimum atomic E-state index is 0.712. The standard InChI is InChI=1S/C14H28/c1-7-12(5)9-10-14(8-2)13(6)11(3)4/h8,11-14H,2,7,9-10H2,1,3-6H3. The third-order valence-corrected chi connectivity index (χ3v) is 3.72. The fraction of sp³-hybridized carbons (Fsp3) is 0.857. The minimum absolute atomic E-state index is 0.712. The Morgan fingerprint density at radius 1 is 1.07 bits per heavy atom. The van der Waals surface area contributed by atoms with Gasteiger partial charge < -0.3 is 0 Å². The van der Waals surface area contributed by atoms with Gasteiger partial charge in [0.25, 0.3) is 0 Å². The molecule has 0 nitrogen and oxygen atoms in total. The van der Waals surface area contributed by atoms with Crippen molar-refractivity contribution in [1.82, 2.24) is 0 Å². The molecule has 0 spiro atoms. The first-order chi connectivity index (χ1) is 6.52. The summed E-state index contributed by atoms with van der Waals surface area (Å²) < 4.78 is 0. The van der Waals surface area contributed by atoms with Crippen molar-refractivity contribution in [3.05, 3.63) is 12.7 Å². The fourth-order valence-corrected chi connectivity index (χ4v) is 1.77. The molecule has 3 unspecified atom stereocenters. The Bertz CT molecular complexity index is 146. The molecule has 0 saturated heterocycles. The fourth-order valence-electron chi connectivity index (χ4n) is 1.77. The van der Waals surface area contributed by atoms with Crippen LogP contribution in [0.3, 0.4) is 0 Å². The quantitative estimate of drug-likeness (QED) is 0.508. The van der Waals surface area contributed by atoms with Gasteiger partial charge in [-0.3, -0.25) is 0 Å². The lowest BCUT2D eigenvalue weighted by Gasteiger charge is -2.25. The van der Waals surface area contributed by atoms with Crippen LogP contribution in [0.2, 0.25) is 0 Å². The average molecular weight is 196 g/mol. The molecule has 0 aliphatic heterocycles. The van der Waals surface area contributed by atoms with Crippen molar-refractivity contribution in [3.63, 3.8) is 0 Å². The van der Waals surface area contributed by atoms with Crippen molar-refractivity contribution in [1.29, 1.82) is 0 Å². The molecule has 0 fully saturated rings. The highest BCUT2D eigenvalue weighted by molar-refractivity contribution is 4.84. The van der Waals surface area contributed by atoms with Crippen molar-refractivity contribution in [3.8, 4) is 0 Å². The van der Waals surface area contributed by atoms with Crippen molar-refractivity contribution in [2.75, 3.05) is 0 Å². The predicted octanol–water partition coefficient (Wildman–Crippen LogP) is 4.91. The average Bonchev–Trinajstić information content (AvgIpc) is 2.17. The van der Waals surface area contributed by atoms with E-state index in [1.807, 2.05) is 0 Å². The molecule has 0 aromatic rings. The molecule has 0 radical (unpaired) electrons. The normalized spacial score (nSPS) is 17.9. The van der Waals surface area contributed by atoms with Crippen LogP contribution in [-0.2, 0) is 0 Å². The second-order valence-corrected chi connectivity index (χ2v) is 5.09. The van der Waals surface area contributed by atoms with Crippen LogP contribution in [0.25, 0.3) is 0 Å². The number of hydrogen-bond donors (Lipinski definition) is 0. The summed E-state index contributed by atoms with van der Waals surface area (Å²) >= 11 is 0. The van der Waals surface area contributed by atoms with E-state index in [9.17, 15) is 0 Å². The first kappa shape index (κ1) is 13.7. The maximum Gasteiger partial charge on any atom is -0.0208 e. The van der Waals surface area contributed by atoms with Crippen LogP contribution in [0.15, 0.2) is 12.7 Å². The van der Waals surface area contributed by atoms with E-state index in [4.69, 9.17) is 0 Å². The molecule has 3 atom stereocenters. The van der Waals surface area contributed by atoms with Gasteiger partial charge in [0.1, 0.15) is 0 Å². The van der Waals surface area contributed by atoms with Crippen molar-refractivity contribution in [2.45, 2.75) is 53.9 Å². The first-order valence-electron chi connectivity index (χ1n) is 6.15. The third kappa shape index (κ3) is 4.83. The maximum absolute atomic E-state index is 3.97. The molecule has 0 rings (SSSR count). The predicted molar refractivity (Wildman–Crippen MR) is 66.4 cm³/mol. The molecular formula is C14H28. The zero-order valence-electron chi connectivity index (χ0n) is 10.7.